The van der Waals surface area contributed by atoms with Gasteiger partial charge < -0.3 is 9.64 Å². The normalized spacial score (nSPS) is 15.8. The molecule has 17 heterocycles. The summed E-state index contributed by atoms with van der Waals surface area (Å²) in [6.45, 7) is 7.25. The molecule has 32 nitrogen and oxygen atoms in total. The van der Waals surface area contributed by atoms with Gasteiger partial charge in [0.1, 0.15) is 22.2 Å². The van der Waals surface area contributed by atoms with Crippen LogP contribution in [0.1, 0.15) is 96.7 Å². The summed E-state index contributed by atoms with van der Waals surface area (Å²) in [4.78, 5) is 97.3. The van der Waals surface area contributed by atoms with Crippen LogP contribution in [-0.4, -0.2) is 178 Å². The van der Waals surface area contributed by atoms with Gasteiger partial charge in [0.15, 0.2) is 0 Å². The number of sulfonamides is 1. The first-order valence-electron chi connectivity index (χ1n) is 37.7. The lowest BCUT2D eigenvalue weighted by Gasteiger charge is -2.34. The molecule has 602 valence electrons. The predicted molar refractivity (Wildman–Crippen MR) is 448 cm³/mol. The van der Waals surface area contributed by atoms with E-state index in [1.807, 2.05) is 151 Å². The molecule has 15 aromatic rings. The van der Waals surface area contributed by atoms with Crippen molar-refractivity contribution in [2.24, 2.45) is 42.3 Å². The second kappa shape index (κ2) is 32.5. The molecule has 0 spiro atoms. The van der Waals surface area contributed by atoms with E-state index in [2.05, 4.69) is 55.9 Å². The molecule has 0 bridgehead atoms. The highest BCUT2D eigenvalue weighted by Gasteiger charge is 2.34. The van der Waals surface area contributed by atoms with E-state index in [0.29, 0.717) is 76.8 Å². The van der Waals surface area contributed by atoms with Crippen LogP contribution in [0.15, 0.2) is 162 Å². The lowest BCUT2D eigenvalue weighted by Crippen LogP contribution is -2.45. The SMILES string of the molecule is CS(=O)(=O)Cl.Cl.Cn1cc(-c2ccc(-c3ccc4ncc5c(c4n3)n(C3CCCCC3)c(=O)n5C)cn2)cn1.Cn1cc(-c2ccc(-c3ccc4ncc5c(c4n3)n([C@H]3CCCN(C(=O)OC(C)(C)C)C3)c(=O)n5C)cn2)cn1.Cn1cc(-c2ccc(-c3ccc4ncc5c(c4n3)n([C@H]3CCCN(S(C)(=O)=O)C3)c(=O)n5C)cn2)cn1. The number of piperidine rings is 2. The molecule has 116 heavy (non-hydrogen) atoms. The van der Waals surface area contributed by atoms with Crippen molar-refractivity contribution < 1.29 is 26.4 Å². The molecule has 3 aliphatic rings. The van der Waals surface area contributed by atoms with Crippen LogP contribution in [0.2, 0.25) is 0 Å². The molecule has 0 unspecified atom stereocenters. The fourth-order valence-corrected chi connectivity index (χ4v) is 16.3. The molecule has 1 saturated carbocycles. The third-order valence-electron chi connectivity index (χ3n) is 21.0. The van der Waals surface area contributed by atoms with Gasteiger partial charge in [-0.15, -0.1) is 12.4 Å². The monoisotopic (exact) mass is 1650 g/mol. The first-order chi connectivity index (χ1) is 54.9. The second-order valence-electron chi connectivity index (χ2n) is 30.4. The third kappa shape index (κ3) is 16.7. The third-order valence-corrected chi connectivity index (χ3v) is 22.3. The zero-order valence-corrected chi connectivity index (χ0v) is 69.0. The van der Waals surface area contributed by atoms with Gasteiger partial charge in [-0.05, 0) is 132 Å². The van der Waals surface area contributed by atoms with Gasteiger partial charge in [-0.3, -0.25) is 71.4 Å². The van der Waals surface area contributed by atoms with Crippen LogP contribution in [0.5, 0.6) is 0 Å². The summed E-state index contributed by atoms with van der Waals surface area (Å²) in [5, 5.41) is 12.6. The van der Waals surface area contributed by atoms with Crippen LogP contribution in [0, 0.1) is 0 Å². The maximum Gasteiger partial charge on any atom is 0.410 e. The van der Waals surface area contributed by atoms with Crippen LogP contribution in [0.3, 0.4) is 0 Å². The van der Waals surface area contributed by atoms with Crippen LogP contribution < -0.4 is 17.1 Å². The number of imidazole rings is 3. The summed E-state index contributed by atoms with van der Waals surface area (Å²) in [6.07, 6.45) is 32.0. The van der Waals surface area contributed by atoms with Gasteiger partial charge in [-0.2, -0.15) is 15.3 Å². The zero-order chi connectivity index (χ0) is 81.1. The smallest absolute Gasteiger partial charge is 0.410 e. The number of carbonyl (C=O) groups is 1. The summed E-state index contributed by atoms with van der Waals surface area (Å²) >= 11 is 0. The molecule has 18 rings (SSSR count). The van der Waals surface area contributed by atoms with Crippen molar-refractivity contribution >= 4 is 114 Å². The molecule has 2 saturated heterocycles. The zero-order valence-electron chi connectivity index (χ0n) is 65.8. The second-order valence-corrected chi connectivity index (χ2v) is 35.4. The number of likely N-dealkylation sites (tertiary alicyclic amines) is 1. The predicted octanol–water partition coefficient (Wildman–Crippen LogP) is 11.5. The minimum atomic E-state index is -3.36. The number of amides is 1. The Balaban J connectivity index is 0.000000139. The number of hydrogen-bond acceptors (Lipinski definition) is 21. The summed E-state index contributed by atoms with van der Waals surface area (Å²) in [7, 11) is 8.84. The Kier molecular flexibility index (Phi) is 22.7. The molecular formula is C80H87Cl2N23O9S2. The van der Waals surface area contributed by atoms with Crippen molar-refractivity contribution in [1.82, 2.24) is 111 Å². The van der Waals surface area contributed by atoms with Gasteiger partial charge in [0, 0.05) is 156 Å². The fourth-order valence-electron chi connectivity index (χ4n) is 15.4. The van der Waals surface area contributed by atoms with Gasteiger partial charge in [-0.1, -0.05) is 19.3 Å². The van der Waals surface area contributed by atoms with Crippen LogP contribution in [-0.2, 0) is 66.1 Å². The number of rotatable bonds is 10. The highest BCUT2D eigenvalue weighted by molar-refractivity contribution is 8.13. The number of nitrogens with zero attached hydrogens (tertiary/aromatic N) is 23. The van der Waals surface area contributed by atoms with Gasteiger partial charge in [0.2, 0.25) is 19.1 Å². The van der Waals surface area contributed by atoms with Gasteiger partial charge in [-0.25, -0.2) is 55.3 Å². The summed E-state index contributed by atoms with van der Waals surface area (Å²) < 4.78 is 65.9. The molecule has 36 heteroatoms. The molecule has 0 N–H and O–H groups in total. The standard InChI is InChI=1S/C29H32N8O3.C25H26N8O3S.C25H25N7O.CH3ClO2S.ClH/c1-29(2,3)40-28(39)36-12-6-7-20(17-36)37-26-24(35(5)27(37)38)15-31-23-11-10-22(33-25(23)26)18-8-9-21(30-13-18)19-14-32-34(4)16-19;1-30-14-17(12-28-30)19-7-6-16(11-26-19)20-8-9-21-23(29-20)24-22(13-27-21)31(2)25(34)33(24)18-5-4-10-32(15-18)37(3,35)36;1-30-15-17(13-28-30)19-9-8-16(12-26-19)20-10-11-21-23(29-20)24-22(14-27-21)31(2)25(33)32(24)18-6-4-3-5-7-18;1-5(2,3)4;/h8-11,13-16,20H,6-7,12,17H2,1-5H3;6-9,11-14,18H,4-5,10,15H2,1-3H3;8-15,18H,3-7H2,1-2H3;1H3;1H/t20-;18-;;;/m00.../s1. The van der Waals surface area contributed by atoms with Crippen molar-refractivity contribution in [3.05, 3.63) is 179 Å². The van der Waals surface area contributed by atoms with Crippen LogP contribution >= 0.6 is 23.1 Å². The van der Waals surface area contributed by atoms with Gasteiger partial charge in [0.25, 0.3) is 0 Å². The minimum absolute atomic E-state index is 0. The van der Waals surface area contributed by atoms with Crippen molar-refractivity contribution in [3.8, 4) is 67.5 Å². The van der Waals surface area contributed by atoms with E-state index in [1.54, 1.807) is 105 Å². The molecule has 2 aliphatic heterocycles. The first-order valence-corrected chi connectivity index (χ1v) is 42.2. The maximum absolute atomic E-state index is 13.6. The Morgan fingerprint density at radius 1 is 0.422 bits per heavy atom. The van der Waals surface area contributed by atoms with Crippen molar-refractivity contribution in [1.29, 1.82) is 0 Å². The number of aromatic nitrogens is 21. The number of carbonyl (C=O) groups excluding carboxylic acids is 1. The van der Waals surface area contributed by atoms with E-state index in [-0.39, 0.29) is 60.2 Å². The molecule has 15 aromatic heterocycles. The summed E-state index contributed by atoms with van der Waals surface area (Å²) in [5.74, 6) is 0. The topological polar surface area (TPSA) is 351 Å². The van der Waals surface area contributed by atoms with E-state index in [4.69, 9.17) is 19.7 Å². The number of aryl methyl sites for hydroxylation is 6. The van der Waals surface area contributed by atoms with E-state index in [1.165, 1.54) is 17.0 Å². The lowest BCUT2D eigenvalue weighted by molar-refractivity contribution is 0.0172. The summed E-state index contributed by atoms with van der Waals surface area (Å²) in [5.41, 5.74) is 17.8. The molecular weight excluding hydrogens is 1560 g/mol. The first kappa shape index (κ1) is 80.9. The minimum Gasteiger partial charge on any atom is -0.444 e. The summed E-state index contributed by atoms with van der Waals surface area (Å²) in [6, 6.07) is 23.1. The Bertz CT molecular complexity index is 6670. The van der Waals surface area contributed by atoms with E-state index < -0.39 is 24.7 Å². The van der Waals surface area contributed by atoms with Gasteiger partial charge in [0.05, 0.1) is 146 Å². The fraction of sp³-hybridized carbons (Fsp3) is 0.350. The number of ether oxygens (including phenoxy) is 1. The van der Waals surface area contributed by atoms with E-state index >= 15 is 0 Å². The van der Waals surface area contributed by atoms with Gasteiger partial charge >= 0.3 is 23.2 Å². The highest BCUT2D eigenvalue weighted by atomic mass is 35.7. The Labute approximate surface area is 677 Å². The van der Waals surface area contributed by atoms with Crippen molar-refractivity contribution in [2.45, 2.75) is 102 Å². The van der Waals surface area contributed by atoms with E-state index in [9.17, 15) is 36.0 Å². The highest BCUT2D eigenvalue weighted by Crippen LogP contribution is 2.37. The van der Waals surface area contributed by atoms with Crippen LogP contribution in [0.25, 0.3) is 134 Å². The van der Waals surface area contributed by atoms with Crippen molar-refractivity contribution in [3.63, 3.8) is 0 Å². The molecule has 1 amide bonds. The Hall–Kier alpha value is -11.7. The number of fused-ring (bicyclic) bond motifs is 9. The Morgan fingerprint density at radius 3 is 1.09 bits per heavy atom. The van der Waals surface area contributed by atoms with E-state index in [0.717, 1.165) is 134 Å². The molecule has 3 fully saturated rings. The molecule has 0 aromatic carbocycles. The largest absolute Gasteiger partial charge is 0.444 e. The quantitative estimate of drug-likeness (QED) is 0.115. The maximum atomic E-state index is 13.6. The Morgan fingerprint density at radius 2 is 0.759 bits per heavy atom. The number of pyridine rings is 9. The molecule has 1 aliphatic carbocycles. The number of hydrogen-bond donors (Lipinski definition) is 0. The average molecular weight is 1650 g/mol. The lowest BCUT2D eigenvalue weighted by atomic mass is 9.95. The molecule has 0 radical (unpaired) electrons. The number of halogens is 2. The van der Waals surface area contributed by atoms with Crippen molar-refractivity contribution in [2.75, 3.05) is 38.7 Å². The van der Waals surface area contributed by atoms with Crippen LogP contribution in [0.4, 0.5) is 4.79 Å². The average Bonchev–Trinajstić information content (AvgIpc) is 1.59. The molecule has 2 atom stereocenters.